The number of nitrogens with one attached hydrogen (secondary N) is 1. The molecule has 108 valence electrons. The second-order valence-corrected chi connectivity index (χ2v) is 4.95. The molecule has 0 aliphatic carbocycles. The van der Waals surface area contributed by atoms with Gasteiger partial charge in [0.2, 0.25) is 0 Å². The van der Waals surface area contributed by atoms with Crippen molar-refractivity contribution in [3.05, 3.63) is 52.2 Å². The van der Waals surface area contributed by atoms with Gasteiger partial charge in [0.25, 0.3) is 0 Å². The van der Waals surface area contributed by atoms with Gasteiger partial charge in [-0.2, -0.15) is 11.3 Å². The Morgan fingerprint density at radius 1 is 1.20 bits per heavy atom. The Hall–Kier alpha value is -1.57. The van der Waals surface area contributed by atoms with Gasteiger partial charge in [-0.15, -0.1) is 13.2 Å². The van der Waals surface area contributed by atoms with Crippen LogP contribution in [0.1, 0.15) is 17.2 Å². The van der Waals surface area contributed by atoms with E-state index in [4.69, 9.17) is 5.84 Å². The largest absolute Gasteiger partial charge is 0.573 e. The summed E-state index contributed by atoms with van der Waals surface area (Å²) in [7, 11) is 0. The third-order valence-corrected chi connectivity index (χ3v) is 3.44. The zero-order valence-electron chi connectivity index (χ0n) is 10.4. The normalized spacial score (nSPS) is 13.2. The third-order valence-electron chi connectivity index (χ3n) is 2.74. The zero-order valence-corrected chi connectivity index (χ0v) is 11.2. The Morgan fingerprint density at radius 2 is 1.90 bits per heavy atom. The van der Waals surface area contributed by atoms with E-state index >= 15 is 0 Å². The van der Waals surface area contributed by atoms with Crippen molar-refractivity contribution in [3.8, 4) is 5.75 Å². The summed E-state index contributed by atoms with van der Waals surface area (Å²) in [5.41, 5.74) is 4.62. The first-order valence-corrected chi connectivity index (χ1v) is 6.75. The van der Waals surface area contributed by atoms with Gasteiger partial charge in [-0.25, -0.2) is 0 Å². The summed E-state index contributed by atoms with van der Waals surface area (Å²) in [6.07, 6.45) is -4.08. The van der Waals surface area contributed by atoms with E-state index in [1.807, 2.05) is 16.8 Å². The van der Waals surface area contributed by atoms with Crippen LogP contribution in [0.4, 0.5) is 13.2 Å². The van der Waals surface area contributed by atoms with E-state index in [0.717, 1.165) is 11.1 Å². The zero-order chi connectivity index (χ0) is 14.6. The lowest BCUT2D eigenvalue weighted by molar-refractivity contribution is -0.274. The maximum atomic E-state index is 12.0. The molecule has 1 atom stereocenters. The molecule has 0 aliphatic rings. The Morgan fingerprint density at radius 3 is 2.40 bits per heavy atom. The Bertz CT molecular complexity index is 526. The number of hydrazine groups is 1. The van der Waals surface area contributed by atoms with Gasteiger partial charge in [0.15, 0.2) is 0 Å². The van der Waals surface area contributed by atoms with Gasteiger partial charge in [-0.1, -0.05) is 12.1 Å². The number of halogens is 3. The molecule has 0 saturated carbocycles. The summed E-state index contributed by atoms with van der Waals surface area (Å²) in [6, 6.07) is 7.66. The molecule has 2 rings (SSSR count). The summed E-state index contributed by atoms with van der Waals surface area (Å²) >= 11 is 1.56. The number of benzene rings is 1. The minimum absolute atomic E-state index is 0.0735. The predicted molar refractivity (Wildman–Crippen MR) is 71.2 cm³/mol. The van der Waals surface area contributed by atoms with Gasteiger partial charge >= 0.3 is 6.36 Å². The number of thiophene rings is 1. The Labute approximate surface area is 118 Å². The average Bonchev–Trinajstić information content (AvgIpc) is 2.90. The summed E-state index contributed by atoms with van der Waals surface area (Å²) < 4.78 is 40.0. The molecule has 0 radical (unpaired) electrons. The van der Waals surface area contributed by atoms with E-state index in [2.05, 4.69) is 10.2 Å². The van der Waals surface area contributed by atoms with E-state index in [1.54, 1.807) is 23.5 Å². The van der Waals surface area contributed by atoms with Crippen molar-refractivity contribution in [1.82, 2.24) is 5.43 Å². The molecule has 20 heavy (non-hydrogen) atoms. The van der Waals surface area contributed by atoms with Gasteiger partial charge in [-0.05, 0) is 46.5 Å². The number of hydrogen-bond donors (Lipinski definition) is 2. The van der Waals surface area contributed by atoms with Crippen molar-refractivity contribution in [2.75, 3.05) is 0 Å². The summed E-state index contributed by atoms with van der Waals surface area (Å²) in [6.45, 7) is 0. The molecule has 3 N–H and O–H groups in total. The Balaban J connectivity index is 2.03. The summed E-state index contributed by atoms with van der Waals surface area (Å²) in [4.78, 5) is 0. The molecular weight excluding hydrogens is 289 g/mol. The van der Waals surface area contributed by atoms with Crippen LogP contribution >= 0.6 is 11.3 Å². The highest BCUT2D eigenvalue weighted by Gasteiger charge is 2.30. The van der Waals surface area contributed by atoms with Crippen LogP contribution in [0.3, 0.4) is 0 Å². The lowest BCUT2D eigenvalue weighted by atomic mass is 10.0. The van der Waals surface area contributed by atoms with Gasteiger partial charge in [-0.3, -0.25) is 11.3 Å². The van der Waals surface area contributed by atoms with Crippen LogP contribution in [0.25, 0.3) is 0 Å². The molecule has 0 fully saturated rings. The number of alkyl halides is 3. The first-order chi connectivity index (χ1) is 9.48. The van der Waals surface area contributed by atoms with E-state index in [0.29, 0.717) is 6.42 Å². The van der Waals surface area contributed by atoms with Crippen molar-refractivity contribution in [2.45, 2.75) is 18.8 Å². The summed E-state index contributed by atoms with van der Waals surface area (Å²) in [5.74, 6) is 5.28. The van der Waals surface area contributed by atoms with Crippen molar-refractivity contribution in [1.29, 1.82) is 0 Å². The topological polar surface area (TPSA) is 47.3 Å². The molecule has 1 heterocycles. The molecule has 1 unspecified atom stereocenters. The molecule has 0 bridgehead atoms. The second-order valence-electron chi connectivity index (χ2n) is 4.17. The van der Waals surface area contributed by atoms with Crippen LogP contribution < -0.4 is 16.0 Å². The van der Waals surface area contributed by atoms with Crippen LogP contribution in [0.2, 0.25) is 0 Å². The van der Waals surface area contributed by atoms with Crippen LogP contribution in [-0.4, -0.2) is 6.36 Å². The SMILES string of the molecule is NNC(Cc1ccc(OC(F)(F)F)cc1)c1ccsc1. The highest BCUT2D eigenvalue weighted by Crippen LogP contribution is 2.25. The molecular formula is C13H13F3N2OS. The van der Waals surface area contributed by atoms with Crippen LogP contribution in [0.15, 0.2) is 41.1 Å². The number of ether oxygens (including phenoxy) is 1. The minimum atomic E-state index is -4.67. The van der Waals surface area contributed by atoms with E-state index in [1.165, 1.54) is 12.1 Å². The first kappa shape index (κ1) is 14.8. The average molecular weight is 302 g/mol. The van der Waals surface area contributed by atoms with Crippen LogP contribution in [0.5, 0.6) is 5.75 Å². The molecule has 0 aliphatic heterocycles. The van der Waals surface area contributed by atoms with E-state index in [9.17, 15) is 13.2 Å². The molecule has 3 nitrogen and oxygen atoms in total. The quantitative estimate of drug-likeness (QED) is 0.657. The molecule has 0 spiro atoms. The molecule has 1 aromatic carbocycles. The highest BCUT2D eigenvalue weighted by molar-refractivity contribution is 7.07. The van der Waals surface area contributed by atoms with Gasteiger partial charge in [0.1, 0.15) is 5.75 Å². The van der Waals surface area contributed by atoms with Crippen LogP contribution in [-0.2, 0) is 6.42 Å². The fourth-order valence-corrected chi connectivity index (χ4v) is 2.52. The maximum absolute atomic E-state index is 12.0. The van der Waals surface area contributed by atoms with Crippen molar-refractivity contribution >= 4 is 11.3 Å². The van der Waals surface area contributed by atoms with Gasteiger partial charge in [0.05, 0.1) is 6.04 Å². The highest BCUT2D eigenvalue weighted by atomic mass is 32.1. The fraction of sp³-hybridized carbons (Fsp3) is 0.231. The van der Waals surface area contributed by atoms with Gasteiger partial charge < -0.3 is 4.74 Å². The molecule has 0 amide bonds. The second kappa shape index (κ2) is 6.25. The molecule has 1 aromatic heterocycles. The third kappa shape index (κ3) is 4.22. The standard InChI is InChI=1S/C13H13F3N2OS/c14-13(15,16)19-11-3-1-9(2-4-11)7-12(18-17)10-5-6-20-8-10/h1-6,8,12,18H,7,17H2. The lowest BCUT2D eigenvalue weighted by Gasteiger charge is -2.15. The number of nitrogens with two attached hydrogens (primary N) is 1. The van der Waals surface area contributed by atoms with E-state index in [-0.39, 0.29) is 11.8 Å². The van der Waals surface area contributed by atoms with Crippen LogP contribution in [0, 0.1) is 0 Å². The molecule has 2 aromatic rings. The number of hydrogen-bond acceptors (Lipinski definition) is 4. The fourth-order valence-electron chi connectivity index (χ4n) is 1.81. The monoisotopic (exact) mass is 302 g/mol. The minimum Gasteiger partial charge on any atom is -0.406 e. The smallest absolute Gasteiger partial charge is 0.406 e. The Kier molecular flexibility index (Phi) is 4.64. The van der Waals surface area contributed by atoms with Gasteiger partial charge in [0, 0.05) is 0 Å². The van der Waals surface area contributed by atoms with Crippen molar-refractivity contribution < 1.29 is 17.9 Å². The predicted octanol–water partition coefficient (Wildman–Crippen LogP) is 3.39. The van der Waals surface area contributed by atoms with Crippen molar-refractivity contribution in [2.24, 2.45) is 5.84 Å². The summed E-state index contributed by atoms with van der Waals surface area (Å²) in [5, 5.41) is 3.92. The van der Waals surface area contributed by atoms with E-state index < -0.39 is 6.36 Å². The lowest BCUT2D eigenvalue weighted by Crippen LogP contribution is -2.29. The molecule has 0 saturated heterocycles. The molecule has 7 heteroatoms. The number of rotatable bonds is 5. The van der Waals surface area contributed by atoms with Crippen molar-refractivity contribution in [3.63, 3.8) is 0 Å². The maximum Gasteiger partial charge on any atom is 0.573 e. The first-order valence-electron chi connectivity index (χ1n) is 5.81.